The zero-order valence-electron chi connectivity index (χ0n) is 19.7. The summed E-state index contributed by atoms with van der Waals surface area (Å²) < 4.78 is 0. The number of rotatable bonds is 5. The number of carbonyl (C=O) groups excluding carboxylic acids is 1. The number of hydrogen-bond donors (Lipinski definition) is 3. The summed E-state index contributed by atoms with van der Waals surface area (Å²) in [6.45, 7) is 9.77. The first kappa shape index (κ1) is 27.4. The van der Waals surface area contributed by atoms with E-state index in [1.54, 1.807) is 4.90 Å². The predicted octanol–water partition coefficient (Wildman–Crippen LogP) is 2.30. The Balaban J connectivity index is 0.000000769. The van der Waals surface area contributed by atoms with Crippen molar-refractivity contribution in [2.75, 3.05) is 33.7 Å². The van der Waals surface area contributed by atoms with Crippen molar-refractivity contribution in [2.24, 2.45) is 5.92 Å². The Hall–Kier alpha value is -2.65. The number of benzene rings is 1. The molecule has 0 bridgehead atoms. The van der Waals surface area contributed by atoms with E-state index in [2.05, 4.69) is 54.2 Å². The summed E-state index contributed by atoms with van der Waals surface area (Å²) in [7, 11) is 4.03. The summed E-state index contributed by atoms with van der Waals surface area (Å²) in [5.74, 6) is 0.569. The minimum atomic E-state index is -0.250. The van der Waals surface area contributed by atoms with Gasteiger partial charge in [0.2, 0.25) is 0 Å². The maximum absolute atomic E-state index is 12.5. The summed E-state index contributed by atoms with van der Waals surface area (Å²) >= 11 is 0. The summed E-state index contributed by atoms with van der Waals surface area (Å²) in [4.78, 5) is 35.8. The minimum Gasteiger partial charge on any atom is -0.483 e. The van der Waals surface area contributed by atoms with Crippen molar-refractivity contribution < 1.29 is 24.6 Å². The lowest BCUT2D eigenvalue weighted by Crippen LogP contribution is -2.45. The lowest BCUT2D eigenvalue weighted by atomic mass is 9.97. The first-order valence-corrected chi connectivity index (χ1v) is 10.9. The zero-order chi connectivity index (χ0) is 24.1. The highest BCUT2D eigenvalue weighted by molar-refractivity contribution is 5.73. The van der Waals surface area contributed by atoms with Crippen LogP contribution in [0.2, 0.25) is 0 Å². The Morgan fingerprint density at radius 1 is 1.22 bits per heavy atom. The molecule has 1 atom stereocenters. The topological polar surface area (TPSA) is 113 Å². The van der Waals surface area contributed by atoms with Crippen molar-refractivity contribution in [2.45, 2.75) is 52.4 Å². The molecule has 9 nitrogen and oxygen atoms in total. The smallest absolute Gasteiger partial charge is 0.317 e. The molecule has 1 fully saturated rings. The second kappa shape index (κ2) is 14.4. The molecule has 1 saturated heterocycles. The van der Waals surface area contributed by atoms with E-state index in [-0.39, 0.29) is 19.0 Å². The van der Waals surface area contributed by atoms with Crippen molar-refractivity contribution in [3.63, 3.8) is 0 Å². The van der Waals surface area contributed by atoms with Crippen LogP contribution in [0.1, 0.15) is 43.4 Å². The lowest BCUT2D eigenvalue weighted by molar-refractivity contribution is -0.123. The number of hydrogen-bond acceptors (Lipinski definition) is 5. The number of carbonyl (C=O) groups is 3. The third kappa shape index (κ3) is 9.23. The molecule has 3 N–H and O–H groups in total. The second-order valence-corrected chi connectivity index (χ2v) is 8.63. The first-order valence-electron chi connectivity index (χ1n) is 10.9. The van der Waals surface area contributed by atoms with Gasteiger partial charge in [0, 0.05) is 45.8 Å². The highest BCUT2D eigenvalue weighted by Crippen LogP contribution is 2.23. The van der Waals surface area contributed by atoms with Gasteiger partial charge in [0.1, 0.15) is 0 Å². The van der Waals surface area contributed by atoms with E-state index in [9.17, 15) is 4.79 Å². The molecular formula is C23H38N4O5. The van der Waals surface area contributed by atoms with Gasteiger partial charge in [-0.25, -0.2) is 4.79 Å². The Morgan fingerprint density at radius 3 is 2.47 bits per heavy atom. The molecule has 1 aromatic carbocycles. The number of amides is 2. The molecule has 0 saturated carbocycles. The number of piperidine rings is 1. The number of nitrogens with one attached hydrogen (secondary N) is 1. The first-order chi connectivity index (χ1) is 15.2. The van der Waals surface area contributed by atoms with Crippen LogP contribution in [0, 0.1) is 5.92 Å². The summed E-state index contributed by atoms with van der Waals surface area (Å²) in [5, 5.41) is 16.9. The SMILES string of the molecule is CC(C)N1CCCC(CNC(=O)N(C)Cc2ccc3c(c2)CN(C)C3)C1.O=CO.O=CO. The predicted molar refractivity (Wildman–Crippen MR) is 123 cm³/mol. The molecule has 1 unspecified atom stereocenters. The van der Waals surface area contributed by atoms with Gasteiger partial charge >= 0.3 is 6.03 Å². The van der Waals surface area contributed by atoms with E-state index >= 15 is 0 Å². The van der Waals surface area contributed by atoms with Crippen molar-refractivity contribution in [3.05, 3.63) is 34.9 Å². The monoisotopic (exact) mass is 450 g/mol. The van der Waals surface area contributed by atoms with Gasteiger partial charge in [-0.05, 0) is 62.9 Å². The number of carboxylic acid groups (broad SMARTS) is 2. The van der Waals surface area contributed by atoms with E-state index in [0.717, 1.165) is 26.2 Å². The maximum Gasteiger partial charge on any atom is 0.317 e. The van der Waals surface area contributed by atoms with Crippen LogP contribution < -0.4 is 5.32 Å². The van der Waals surface area contributed by atoms with Gasteiger partial charge in [0.05, 0.1) is 0 Å². The second-order valence-electron chi connectivity index (χ2n) is 8.63. The molecule has 3 rings (SSSR count). The van der Waals surface area contributed by atoms with Gasteiger partial charge in [-0.15, -0.1) is 0 Å². The van der Waals surface area contributed by atoms with E-state index in [1.807, 2.05) is 7.05 Å². The minimum absolute atomic E-state index is 0.0317. The molecular weight excluding hydrogens is 412 g/mol. The number of likely N-dealkylation sites (tertiary alicyclic amines) is 1. The molecule has 0 aromatic heterocycles. The fourth-order valence-electron chi connectivity index (χ4n) is 4.16. The molecule has 2 heterocycles. The van der Waals surface area contributed by atoms with Crippen LogP contribution in [0.15, 0.2) is 18.2 Å². The van der Waals surface area contributed by atoms with Crippen LogP contribution in [0.3, 0.4) is 0 Å². The molecule has 2 aliphatic rings. The standard InChI is InChI=1S/C21H34N4O.2CH2O2/c1-16(2)25-9-5-6-18(13-25)11-22-21(26)24(4)12-17-7-8-19-14-23(3)15-20(19)10-17;2*2-1-3/h7-8,10,16,18H,5-6,9,11-15H2,1-4H3,(H,22,26);2*1H,(H,2,3). The van der Waals surface area contributed by atoms with Crippen molar-refractivity contribution in [1.82, 2.24) is 20.0 Å². The summed E-state index contributed by atoms with van der Waals surface area (Å²) in [6, 6.07) is 7.25. The molecule has 9 heteroatoms. The van der Waals surface area contributed by atoms with Crippen LogP contribution in [-0.2, 0) is 29.2 Å². The van der Waals surface area contributed by atoms with Crippen LogP contribution in [0.25, 0.3) is 0 Å². The van der Waals surface area contributed by atoms with Crippen molar-refractivity contribution in [3.8, 4) is 0 Å². The Kier molecular flexibility index (Phi) is 12.3. The van der Waals surface area contributed by atoms with Gasteiger partial charge in [-0.3, -0.25) is 14.5 Å². The van der Waals surface area contributed by atoms with Gasteiger partial charge in [-0.2, -0.15) is 0 Å². The highest BCUT2D eigenvalue weighted by atomic mass is 16.3. The van der Waals surface area contributed by atoms with Crippen molar-refractivity contribution >= 4 is 19.0 Å². The van der Waals surface area contributed by atoms with Crippen LogP contribution >= 0.6 is 0 Å². The molecule has 32 heavy (non-hydrogen) atoms. The third-order valence-corrected chi connectivity index (χ3v) is 5.74. The largest absolute Gasteiger partial charge is 0.483 e. The molecule has 1 aromatic rings. The Labute approximate surface area is 191 Å². The van der Waals surface area contributed by atoms with Crippen LogP contribution in [0.5, 0.6) is 0 Å². The fourth-order valence-corrected chi connectivity index (χ4v) is 4.16. The summed E-state index contributed by atoms with van der Waals surface area (Å²) in [5.41, 5.74) is 4.02. The van der Waals surface area contributed by atoms with E-state index < -0.39 is 0 Å². The fraction of sp³-hybridized carbons (Fsp3) is 0.609. The van der Waals surface area contributed by atoms with Crippen LogP contribution in [-0.4, -0.2) is 83.7 Å². The van der Waals surface area contributed by atoms with Gasteiger partial charge < -0.3 is 25.3 Å². The van der Waals surface area contributed by atoms with Crippen molar-refractivity contribution in [1.29, 1.82) is 0 Å². The van der Waals surface area contributed by atoms with Gasteiger partial charge in [0.25, 0.3) is 12.9 Å². The highest BCUT2D eigenvalue weighted by Gasteiger charge is 2.22. The summed E-state index contributed by atoms with van der Waals surface area (Å²) in [6.07, 6.45) is 2.45. The number of fused-ring (bicyclic) bond motifs is 1. The molecule has 0 spiro atoms. The molecule has 2 aliphatic heterocycles. The Morgan fingerprint density at radius 2 is 1.84 bits per heavy atom. The number of urea groups is 1. The van der Waals surface area contributed by atoms with Crippen LogP contribution in [0.4, 0.5) is 4.79 Å². The molecule has 0 radical (unpaired) electrons. The maximum atomic E-state index is 12.5. The van der Waals surface area contributed by atoms with E-state index in [1.165, 1.54) is 36.1 Å². The molecule has 180 valence electrons. The Bertz CT molecular complexity index is 722. The number of nitrogens with zero attached hydrogens (tertiary/aromatic N) is 3. The van der Waals surface area contributed by atoms with E-state index in [0.29, 0.717) is 18.5 Å². The lowest BCUT2D eigenvalue weighted by Gasteiger charge is -2.35. The molecule has 0 aliphatic carbocycles. The zero-order valence-corrected chi connectivity index (χ0v) is 19.7. The molecule has 2 amide bonds. The van der Waals surface area contributed by atoms with Gasteiger partial charge in [-0.1, -0.05) is 18.2 Å². The third-order valence-electron chi connectivity index (χ3n) is 5.74. The normalized spacial score (nSPS) is 17.8. The van der Waals surface area contributed by atoms with E-state index in [4.69, 9.17) is 19.8 Å². The van der Waals surface area contributed by atoms with Gasteiger partial charge in [0.15, 0.2) is 0 Å². The average molecular weight is 451 g/mol. The quantitative estimate of drug-likeness (QED) is 0.590. The average Bonchev–Trinajstić information content (AvgIpc) is 3.12.